The molecule has 6 nitrogen and oxygen atoms in total. The molecule has 1 amide bonds. The van der Waals surface area contributed by atoms with Gasteiger partial charge in [-0.3, -0.25) is 9.59 Å². The molecular weight excluding hydrogens is 398 g/mol. The number of amides is 1. The summed E-state index contributed by atoms with van der Waals surface area (Å²) in [4.78, 5) is 35.1. The van der Waals surface area contributed by atoms with E-state index in [2.05, 4.69) is 15.3 Å². The first-order chi connectivity index (χ1) is 13.3. The summed E-state index contributed by atoms with van der Waals surface area (Å²) in [6, 6.07) is 6.51. The summed E-state index contributed by atoms with van der Waals surface area (Å²) < 4.78 is 4.78. The number of thiophene rings is 1. The molecule has 0 spiro atoms. The van der Waals surface area contributed by atoms with E-state index in [9.17, 15) is 9.59 Å². The molecule has 2 heterocycles. The third-order valence-corrected chi connectivity index (χ3v) is 6.00. The van der Waals surface area contributed by atoms with E-state index < -0.39 is 12.0 Å². The number of aromatic nitrogens is 2. The van der Waals surface area contributed by atoms with Crippen molar-refractivity contribution in [1.29, 1.82) is 0 Å². The maximum atomic E-state index is 13.1. The second kappa shape index (κ2) is 8.24. The first-order valence-electron chi connectivity index (χ1n) is 8.68. The lowest BCUT2D eigenvalue weighted by Crippen LogP contribution is -2.30. The van der Waals surface area contributed by atoms with Gasteiger partial charge in [0.25, 0.3) is 5.91 Å². The van der Waals surface area contributed by atoms with Crippen molar-refractivity contribution >= 4 is 45.0 Å². The Hall–Kier alpha value is -2.51. The molecule has 0 saturated carbocycles. The molecule has 1 unspecified atom stereocenters. The molecule has 1 aromatic carbocycles. The Morgan fingerprint density at radius 1 is 1.21 bits per heavy atom. The lowest BCUT2D eigenvalue weighted by molar-refractivity contribution is -0.141. The predicted molar refractivity (Wildman–Crippen MR) is 110 cm³/mol. The van der Waals surface area contributed by atoms with Crippen LogP contribution in [0.15, 0.2) is 24.3 Å². The van der Waals surface area contributed by atoms with Gasteiger partial charge in [0.2, 0.25) is 0 Å². The summed E-state index contributed by atoms with van der Waals surface area (Å²) in [5.74, 6) is -0.0557. The van der Waals surface area contributed by atoms with Crippen LogP contribution >= 0.6 is 22.9 Å². The Kier molecular flexibility index (Phi) is 5.96. The minimum Gasteiger partial charge on any atom is -0.469 e. The lowest BCUT2D eigenvalue weighted by atomic mass is 10.0. The zero-order valence-electron chi connectivity index (χ0n) is 16.0. The highest BCUT2D eigenvalue weighted by molar-refractivity contribution is 7.20. The monoisotopic (exact) mass is 417 g/mol. The number of rotatable bonds is 5. The maximum absolute atomic E-state index is 13.1. The van der Waals surface area contributed by atoms with Gasteiger partial charge in [-0.05, 0) is 38.0 Å². The zero-order valence-corrected chi connectivity index (χ0v) is 17.6. The molecule has 8 heteroatoms. The molecule has 3 rings (SSSR count). The Morgan fingerprint density at radius 2 is 1.93 bits per heavy atom. The zero-order chi connectivity index (χ0) is 20.4. The number of halogens is 1. The van der Waals surface area contributed by atoms with Crippen LogP contribution in [0.4, 0.5) is 0 Å². The quantitative estimate of drug-likeness (QED) is 0.626. The van der Waals surface area contributed by atoms with Gasteiger partial charge in [-0.15, -0.1) is 11.3 Å². The average Bonchev–Trinajstić information content (AvgIpc) is 2.98. The van der Waals surface area contributed by atoms with Crippen LogP contribution in [0.1, 0.15) is 44.8 Å². The summed E-state index contributed by atoms with van der Waals surface area (Å²) in [6.45, 7) is 5.61. The van der Waals surface area contributed by atoms with Crippen molar-refractivity contribution in [2.24, 2.45) is 0 Å². The number of hydrogen-bond acceptors (Lipinski definition) is 6. The van der Waals surface area contributed by atoms with Gasteiger partial charge < -0.3 is 10.1 Å². The van der Waals surface area contributed by atoms with Crippen molar-refractivity contribution < 1.29 is 14.3 Å². The van der Waals surface area contributed by atoms with Crippen molar-refractivity contribution in [3.05, 3.63) is 56.8 Å². The molecule has 0 aliphatic carbocycles. The van der Waals surface area contributed by atoms with E-state index in [-0.39, 0.29) is 12.3 Å². The normalized spacial score (nSPS) is 12.0. The van der Waals surface area contributed by atoms with E-state index in [0.717, 1.165) is 21.5 Å². The van der Waals surface area contributed by atoms with Gasteiger partial charge in [-0.2, -0.15) is 0 Å². The maximum Gasteiger partial charge on any atom is 0.307 e. The van der Waals surface area contributed by atoms with Crippen molar-refractivity contribution in [2.45, 2.75) is 33.2 Å². The molecule has 28 heavy (non-hydrogen) atoms. The van der Waals surface area contributed by atoms with Crippen LogP contribution < -0.4 is 5.32 Å². The number of ether oxygens (including phenoxy) is 1. The highest BCUT2D eigenvalue weighted by atomic mass is 35.5. The molecular formula is C20H20ClN3O3S. The van der Waals surface area contributed by atoms with Crippen molar-refractivity contribution in [3.8, 4) is 0 Å². The predicted octanol–water partition coefficient (Wildman–Crippen LogP) is 4.30. The van der Waals surface area contributed by atoms with Crippen LogP contribution in [0.2, 0.25) is 5.02 Å². The van der Waals surface area contributed by atoms with Gasteiger partial charge in [0.15, 0.2) is 0 Å². The van der Waals surface area contributed by atoms with E-state index in [1.165, 1.54) is 18.4 Å². The second-order valence-electron chi connectivity index (χ2n) is 6.42. The van der Waals surface area contributed by atoms with Gasteiger partial charge in [0.1, 0.15) is 10.7 Å². The van der Waals surface area contributed by atoms with E-state index >= 15 is 0 Å². The molecule has 146 valence electrons. The standard InChI is InChI=1S/C20H20ClN3O3S/c1-10-17-11(2)22-12(3)23-20(17)28-18(10)19(26)24-15(9-16(25)27-4)13-7-5-6-8-14(13)21/h5-8,15H,9H2,1-4H3,(H,24,26). The molecule has 3 aromatic rings. The van der Waals surface area contributed by atoms with Gasteiger partial charge in [-0.25, -0.2) is 9.97 Å². The molecule has 0 fully saturated rings. The topological polar surface area (TPSA) is 81.2 Å². The van der Waals surface area contributed by atoms with E-state index in [4.69, 9.17) is 16.3 Å². The highest BCUT2D eigenvalue weighted by Gasteiger charge is 2.25. The van der Waals surface area contributed by atoms with Crippen LogP contribution in [0.5, 0.6) is 0 Å². The van der Waals surface area contributed by atoms with Crippen LogP contribution in [0, 0.1) is 20.8 Å². The second-order valence-corrected chi connectivity index (χ2v) is 7.83. The Morgan fingerprint density at radius 3 is 2.61 bits per heavy atom. The van der Waals surface area contributed by atoms with Gasteiger partial charge >= 0.3 is 5.97 Å². The largest absolute Gasteiger partial charge is 0.469 e. The lowest BCUT2D eigenvalue weighted by Gasteiger charge is -2.19. The minimum atomic E-state index is -0.604. The number of methoxy groups -OCH3 is 1. The van der Waals surface area contributed by atoms with Crippen LogP contribution in [-0.4, -0.2) is 29.0 Å². The molecule has 0 saturated heterocycles. The third kappa shape index (κ3) is 4.00. The number of carbonyl (C=O) groups is 2. The van der Waals surface area contributed by atoms with E-state index in [0.29, 0.717) is 21.3 Å². The summed E-state index contributed by atoms with van der Waals surface area (Å²) in [7, 11) is 1.31. The Bertz CT molecular complexity index is 1060. The van der Waals surface area contributed by atoms with Gasteiger partial charge in [0.05, 0.1) is 24.4 Å². The van der Waals surface area contributed by atoms with Gasteiger partial charge in [0, 0.05) is 16.1 Å². The van der Waals surface area contributed by atoms with Crippen LogP contribution in [-0.2, 0) is 9.53 Å². The molecule has 0 bridgehead atoms. The minimum absolute atomic E-state index is 0.0200. The number of fused-ring (bicyclic) bond motifs is 1. The van der Waals surface area contributed by atoms with Crippen LogP contribution in [0.3, 0.4) is 0 Å². The molecule has 1 N–H and O–H groups in total. The number of esters is 1. The van der Waals surface area contributed by atoms with Crippen molar-refractivity contribution in [1.82, 2.24) is 15.3 Å². The fourth-order valence-electron chi connectivity index (χ4n) is 3.16. The first-order valence-corrected chi connectivity index (χ1v) is 9.87. The molecule has 2 aromatic heterocycles. The number of nitrogens with one attached hydrogen (secondary N) is 1. The number of aryl methyl sites for hydroxylation is 3. The fourth-order valence-corrected chi connectivity index (χ4v) is 4.61. The summed E-state index contributed by atoms with van der Waals surface area (Å²) in [5.41, 5.74) is 2.33. The molecule has 0 radical (unpaired) electrons. The number of benzene rings is 1. The summed E-state index contributed by atoms with van der Waals surface area (Å²) >= 11 is 7.60. The number of carbonyl (C=O) groups excluding carboxylic acids is 2. The van der Waals surface area contributed by atoms with E-state index in [1.807, 2.05) is 26.8 Å². The molecule has 0 aliphatic rings. The summed E-state index contributed by atoms with van der Waals surface area (Å²) in [5, 5.41) is 4.30. The van der Waals surface area contributed by atoms with Crippen molar-refractivity contribution in [3.63, 3.8) is 0 Å². The smallest absolute Gasteiger partial charge is 0.307 e. The number of nitrogens with zero attached hydrogens (tertiary/aromatic N) is 2. The summed E-state index contributed by atoms with van der Waals surface area (Å²) in [6.07, 6.45) is -0.0200. The fraction of sp³-hybridized carbons (Fsp3) is 0.300. The van der Waals surface area contributed by atoms with Crippen LogP contribution in [0.25, 0.3) is 10.2 Å². The average molecular weight is 418 g/mol. The molecule has 0 aliphatic heterocycles. The Labute approximate surface area is 171 Å². The SMILES string of the molecule is COC(=O)CC(NC(=O)c1sc2nc(C)nc(C)c2c1C)c1ccccc1Cl. The van der Waals surface area contributed by atoms with E-state index in [1.54, 1.807) is 18.2 Å². The third-order valence-electron chi connectivity index (χ3n) is 4.47. The highest BCUT2D eigenvalue weighted by Crippen LogP contribution is 2.32. The van der Waals surface area contributed by atoms with Gasteiger partial charge in [-0.1, -0.05) is 29.8 Å². The Balaban J connectivity index is 1.97. The molecule has 1 atom stereocenters. The first kappa shape index (κ1) is 20.2. The number of hydrogen-bond donors (Lipinski definition) is 1. The van der Waals surface area contributed by atoms with Crippen molar-refractivity contribution in [2.75, 3.05) is 7.11 Å².